The number of hydrogen-bond acceptors (Lipinski definition) is 4. The highest BCUT2D eigenvalue weighted by Crippen LogP contribution is 2.23. The predicted octanol–water partition coefficient (Wildman–Crippen LogP) is 4.59. The first-order valence-electron chi connectivity index (χ1n) is 11.5. The lowest BCUT2D eigenvalue weighted by Gasteiger charge is -2.18. The number of fused-ring (bicyclic) bond motifs is 1. The largest absolute Gasteiger partial charge is 0.497 e. The average molecular weight is 446 g/mol. The molecule has 1 saturated carbocycles. The molecule has 33 heavy (non-hydrogen) atoms. The van der Waals surface area contributed by atoms with Gasteiger partial charge in [-0.1, -0.05) is 43.2 Å². The van der Waals surface area contributed by atoms with Crippen LogP contribution in [0.15, 0.2) is 60.7 Å². The van der Waals surface area contributed by atoms with Crippen molar-refractivity contribution in [2.24, 2.45) is 0 Å². The van der Waals surface area contributed by atoms with Crippen molar-refractivity contribution in [3.8, 4) is 5.75 Å². The van der Waals surface area contributed by atoms with Gasteiger partial charge in [-0.25, -0.2) is 0 Å². The predicted molar refractivity (Wildman–Crippen MR) is 132 cm³/mol. The first-order valence-corrected chi connectivity index (χ1v) is 11.5. The van der Waals surface area contributed by atoms with E-state index in [-0.39, 0.29) is 24.4 Å². The molecule has 0 aromatic heterocycles. The Morgan fingerprint density at radius 3 is 2.52 bits per heavy atom. The van der Waals surface area contributed by atoms with Gasteiger partial charge in [0.1, 0.15) is 5.75 Å². The topological polar surface area (TPSA) is 70.7 Å². The fourth-order valence-corrected chi connectivity index (χ4v) is 4.42. The summed E-state index contributed by atoms with van der Waals surface area (Å²) in [6.07, 6.45) is 4.35. The van der Waals surface area contributed by atoms with Crippen LogP contribution in [0.3, 0.4) is 0 Å². The molecule has 4 rings (SSSR count). The lowest BCUT2D eigenvalue weighted by molar-refractivity contribution is -0.117. The highest BCUT2D eigenvalue weighted by Gasteiger charge is 2.20. The summed E-state index contributed by atoms with van der Waals surface area (Å²) < 4.78 is 5.29. The van der Waals surface area contributed by atoms with Crippen LogP contribution in [-0.4, -0.2) is 43.5 Å². The summed E-state index contributed by atoms with van der Waals surface area (Å²) >= 11 is 0. The Morgan fingerprint density at radius 1 is 1.00 bits per heavy atom. The van der Waals surface area contributed by atoms with Crippen molar-refractivity contribution in [1.29, 1.82) is 0 Å². The highest BCUT2D eigenvalue weighted by atomic mass is 16.5. The summed E-state index contributed by atoms with van der Waals surface area (Å²) in [6, 6.07) is 19.7. The molecule has 3 aromatic carbocycles. The number of rotatable bonds is 8. The summed E-state index contributed by atoms with van der Waals surface area (Å²) in [4.78, 5) is 27.4. The van der Waals surface area contributed by atoms with Crippen LogP contribution in [0, 0.1) is 0 Å². The van der Waals surface area contributed by atoms with E-state index in [0.717, 1.165) is 47.8 Å². The van der Waals surface area contributed by atoms with E-state index in [2.05, 4.69) is 28.8 Å². The minimum Gasteiger partial charge on any atom is -0.497 e. The lowest BCUT2D eigenvalue weighted by Crippen LogP contribution is -2.34. The summed E-state index contributed by atoms with van der Waals surface area (Å²) in [5.74, 6) is 0.560. The molecule has 2 N–H and O–H groups in total. The van der Waals surface area contributed by atoms with Crippen molar-refractivity contribution in [2.45, 2.75) is 38.3 Å². The van der Waals surface area contributed by atoms with Crippen molar-refractivity contribution in [3.05, 3.63) is 71.8 Å². The number of methoxy groups -OCH3 is 1. The molecule has 172 valence electrons. The van der Waals surface area contributed by atoms with Gasteiger partial charge >= 0.3 is 0 Å². The zero-order valence-corrected chi connectivity index (χ0v) is 19.3. The van der Waals surface area contributed by atoms with Gasteiger partial charge in [-0.15, -0.1) is 0 Å². The van der Waals surface area contributed by atoms with Gasteiger partial charge in [0.05, 0.1) is 24.9 Å². The second-order valence-electron chi connectivity index (χ2n) is 8.77. The fraction of sp³-hybridized carbons (Fsp3) is 0.333. The van der Waals surface area contributed by atoms with Gasteiger partial charge in [0.25, 0.3) is 5.91 Å². The Hall–Kier alpha value is -3.38. The Kier molecular flexibility index (Phi) is 7.25. The van der Waals surface area contributed by atoms with Crippen molar-refractivity contribution in [2.75, 3.05) is 26.0 Å². The molecule has 0 bridgehead atoms. The zero-order valence-electron chi connectivity index (χ0n) is 19.3. The van der Waals surface area contributed by atoms with Crippen molar-refractivity contribution in [3.63, 3.8) is 0 Å². The van der Waals surface area contributed by atoms with Gasteiger partial charge in [0.15, 0.2) is 0 Å². The van der Waals surface area contributed by atoms with Crippen molar-refractivity contribution in [1.82, 2.24) is 10.2 Å². The van der Waals surface area contributed by atoms with Crippen LogP contribution in [0.4, 0.5) is 5.69 Å². The molecule has 0 saturated heterocycles. The van der Waals surface area contributed by atoms with E-state index in [1.807, 2.05) is 42.3 Å². The molecule has 6 nitrogen and oxygen atoms in total. The molecule has 0 unspecified atom stereocenters. The Bertz CT molecular complexity index is 1140. The van der Waals surface area contributed by atoms with Gasteiger partial charge < -0.3 is 15.4 Å². The number of carbonyl (C=O) groups is 2. The quantitative estimate of drug-likeness (QED) is 0.532. The smallest absolute Gasteiger partial charge is 0.253 e. The maximum Gasteiger partial charge on any atom is 0.253 e. The number of nitrogens with zero attached hydrogens (tertiary/aromatic N) is 1. The molecule has 0 atom stereocenters. The van der Waals surface area contributed by atoms with Crippen LogP contribution in [0.5, 0.6) is 5.75 Å². The first kappa shape index (κ1) is 22.8. The Balaban J connectivity index is 1.36. The minimum absolute atomic E-state index is 0.126. The van der Waals surface area contributed by atoms with E-state index in [0.29, 0.717) is 17.8 Å². The van der Waals surface area contributed by atoms with Gasteiger partial charge in [-0.3, -0.25) is 14.5 Å². The van der Waals surface area contributed by atoms with E-state index < -0.39 is 0 Å². The Morgan fingerprint density at radius 2 is 1.73 bits per heavy atom. The van der Waals surface area contributed by atoms with Crippen LogP contribution < -0.4 is 15.4 Å². The number of carbonyl (C=O) groups excluding carboxylic acids is 2. The number of likely N-dealkylation sites (N-methyl/N-ethyl adjacent to an activating group) is 1. The zero-order chi connectivity index (χ0) is 23.2. The number of hydrogen-bond donors (Lipinski definition) is 2. The van der Waals surface area contributed by atoms with Crippen LogP contribution in [0.25, 0.3) is 10.8 Å². The van der Waals surface area contributed by atoms with Gasteiger partial charge in [0, 0.05) is 12.6 Å². The molecule has 3 aromatic rings. The number of amides is 2. The van der Waals surface area contributed by atoms with Crippen LogP contribution >= 0.6 is 0 Å². The third kappa shape index (κ3) is 5.90. The first-order chi connectivity index (χ1) is 16.0. The van der Waals surface area contributed by atoms with Crippen molar-refractivity contribution >= 4 is 28.3 Å². The monoisotopic (exact) mass is 445 g/mol. The van der Waals surface area contributed by atoms with Gasteiger partial charge in [-0.05, 0) is 66.6 Å². The molecule has 1 aliphatic rings. The lowest BCUT2D eigenvalue weighted by atomic mass is 10.1. The van der Waals surface area contributed by atoms with Crippen LogP contribution in [0.2, 0.25) is 0 Å². The van der Waals surface area contributed by atoms with E-state index in [1.54, 1.807) is 19.2 Å². The molecule has 1 aliphatic carbocycles. The maximum absolute atomic E-state index is 12.7. The molecule has 0 heterocycles. The standard InChI is InChI=1S/C27H31N3O3/c1-30(17-19-11-12-21-16-23(33-2)14-13-20(21)15-19)18-26(31)29-25-10-6-5-9-24(25)27(32)28-22-7-3-4-8-22/h5-6,9-16,22H,3-4,7-8,17-18H2,1-2H3,(H,28,32)(H,29,31). The number of nitrogens with one attached hydrogen (secondary N) is 2. The minimum atomic E-state index is -0.149. The number of anilines is 1. The maximum atomic E-state index is 12.7. The molecule has 2 amide bonds. The third-order valence-corrected chi connectivity index (χ3v) is 6.11. The average Bonchev–Trinajstić information content (AvgIpc) is 3.31. The molecular formula is C27H31N3O3. The second-order valence-corrected chi connectivity index (χ2v) is 8.77. The molecule has 0 spiro atoms. The van der Waals surface area contributed by atoms with Crippen molar-refractivity contribution < 1.29 is 14.3 Å². The van der Waals surface area contributed by atoms with E-state index >= 15 is 0 Å². The molecule has 6 heteroatoms. The summed E-state index contributed by atoms with van der Waals surface area (Å²) in [6.45, 7) is 0.860. The summed E-state index contributed by atoms with van der Waals surface area (Å²) in [5.41, 5.74) is 2.18. The normalized spacial score (nSPS) is 13.9. The molecule has 0 aliphatic heterocycles. The summed E-state index contributed by atoms with van der Waals surface area (Å²) in [5, 5.41) is 8.26. The molecule has 1 fully saturated rings. The number of ether oxygens (including phenoxy) is 1. The summed E-state index contributed by atoms with van der Waals surface area (Å²) in [7, 11) is 3.58. The highest BCUT2D eigenvalue weighted by molar-refractivity contribution is 6.04. The van der Waals surface area contributed by atoms with Crippen LogP contribution in [0.1, 0.15) is 41.6 Å². The molecule has 0 radical (unpaired) electrons. The van der Waals surface area contributed by atoms with E-state index in [9.17, 15) is 9.59 Å². The van der Waals surface area contributed by atoms with Gasteiger partial charge in [-0.2, -0.15) is 0 Å². The SMILES string of the molecule is COc1ccc2cc(CN(C)CC(=O)Nc3ccccc3C(=O)NC3CCCC3)ccc2c1. The second kappa shape index (κ2) is 10.5. The number of benzene rings is 3. The van der Waals surface area contributed by atoms with Crippen LogP contribution in [-0.2, 0) is 11.3 Å². The number of para-hydroxylation sites is 1. The van der Waals surface area contributed by atoms with Gasteiger partial charge in [0.2, 0.25) is 5.91 Å². The third-order valence-electron chi connectivity index (χ3n) is 6.11. The molecular weight excluding hydrogens is 414 g/mol. The fourth-order valence-electron chi connectivity index (χ4n) is 4.42. The Labute approximate surface area is 194 Å². The van der Waals surface area contributed by atoms with E-state index in [1.165, 1.54) is 0 Å². The van der Waals surface area contributed by atoms with E-state index in [4.69, 9.17) is 4.74 Å².